The Morgan fingerprint density at radius 3 is 2.09 bits per heavy atom. The quantitative estimate of drug-likeness (QED) is 0.363. The molecule has 0 aliphatic rings. The second kappa shape index (κ2) is 6.45. The van der Waals surface area contributed by atoms with Crippen molar-refractivity contribution in [3.8, 4) is 0 Å². The Morgan fingerprint density at radius 2 is 1.55 bits per heavy atom. The van der Waals surface area contributed by atoms with Crippen molar-refractivity contribution in [2.75, 3.05) is 0 Å². The van der Waals surface area contributed by atoms with Gasteiger partial charge in [-0.1, -0.05) is 30.3 Å². The maximum atomic E-state index is 12.0. The number of hydrogen-bond acceptors (Lipinski definition) is 5. The third-order valence-electron chi connectivity index (χ3n) is 2.94. The smallest absolute Gasteiger partial charge is 0.269 e. The summed E-state index contributed by atoms with van der Waals surface area (Å²) in [5.74, 6) is -1.91. The number of non-ortho nitro benzene ring substituents is 1. The van der Waals surface area contributed by atoms with Gasteiger partial charge >= 0.3 is 0 Å². The molecule has 2 aromatic rings. The number of nitro benzene ring substituents is 1. The van der Waals surface area contributed by atoms with Gasteiger partial charge in [-0.25, -0.2) is 0 Å². The molecule has 6 nitrogen and oxygen atoms in total. The van der Waals surface area contributed by atoms with Crippen LogP contribution in [0.1, 0.15) is 26.3 Å². The van der Waals surface area contributed by atoms with Crippen LogP contribution in [0.2, 0.25) is 0 Å². The number of ketones is 1. The number of hydrogen-bond donors (Lipinski definition) is 0. The molecule has 0 aliphatic carbocycles. The first-order valence-corrected chi connectivity index (χ1v) is 6.26. The average Bonchev–Trinajstić information content (AvgIpc) is 2.53. The summed E-state index contributed by atoms with van der Waals surface area (Å²) >= 11 is 0. The van der Waals surface area contributed by atoms with Gasteiger partial charge in [-0.3, -0.25) is 14.9 Å². The molecule has 110 valence electrons. The number of allylic oxidation sites excluding steroid dienone is 1. The Hall–Kier alpha value is -3.28. The van der Waals surface area contributed by atoms with Gasteiger partial charge < -0.3 is 9.90 Å². The van der Waals surface area contributed by atoms with Gasteiger partial charge in [0.25, 0.3) is 5.69 Å². The summed E-state index contributed by atoms with van der Waals surface area (Å²) in [4.78, 5) is 33.0. The molecule has 0 spiro atoms. The van der Waals surface area contributed by atoms with E-state index in [1.807, 2.05) is 0 Å². The van der Waals surface area contributed by atoms with Crippen LogP contribution in [0.4, 0.5) is 5.69 Å². The Bertz CT molecular complexity index is 762. The minimum Gasteiger partial charge on any atom is -0.545 e. The van der Waals surface area contributed by atoms with Gasteiger partial charge in [0.05, 0.1) is 10.9 Å². The number of carbonyl (C=O) groups excluding carboxylic acids is 2. The zero-order valence-corrected chi connectivity index (χ0v) is 11.3. The maximum Gasteiger partial charge on any atom is 0.269 e. The summed E-state index contributed by atoms with van der Waals surface area (Å²) in [6.07, 6.45) is 2.67. The number of benzene rings is 2. The van der Waals surface area contributed by atoms with E-state index in [1.165, 1.54) is 54.6 Å². The highest BCUT2D eigenvalue weighted by molar-refractivity contribution is 6.12. The number of carboxylic acids is 1. The number of nitrogens with zero attached hydrogens (tertiary/aromatic N) is 1. The highest BCUT2D eigenvalue weighted by Crippen LogP contribution is 2.14. The van der Waals surface area contributed by atoms with Crippen molar-refractivity contribution in [1.29, 1.82) is 0 Å². The molecule has 22 heavy (non-hydrogen) atoms. The van der Waals surface area contributed by atoms with Crippen molar-refractivity contribution in [3.05, 3.63) is 81.4 Å². The molecule has 0 aliphatic heterocycles. The first kappa shape index (κ1) is 15.1. The topological polar surface area (TPSA) is 100 Å². The van der Waals surface area contributed by atoms with Crippen LogP contribution in [-0.4, -0.2) is 16.7 Å². The summed E-state index contributed by atoms with van der Waals surface area (Å²) in [5.41, 5.74) is 0.386. The summed E-state index contributed by atoms with van der Waals surface area (Å²) < 4.78 is 0. The molecule has 0 N–H and O–H groups in total. The Balaban J connectivity index is 2.21. The number of aromatic carboxylic acids is 1. The molecule has 0 amide bonds. The SMILES string of the molecule is O=C([O-])c1ccccc1C(=O)/C=C/c1ccc([N+](=O)[O-])cc1. The van der Waals surface area contributed by atoms with Crippen LogP contribution in [0.15, 0.2) is 54.6 Å². The van der Waals surface area contributed by atoms with Crippen molar-refractivity contribution in [3.63, 3.8) is 0 Å². The highest BCUT2D eigenvalue weighted by atomic mass is 16.6. The monoisotopic (exact) mass is 296 g/mol. The third kappa shape index (κ3) is 3.43. The molecule has 6 heteroatoms. The van der Waals surface area contributed by atoms with Crippen LogP contribution in [0.3, 0.4) is 0 Å². The van der Waals surface area contributed by atoms with Crippen molar-refractivity contribution < 1.29 is 19.6 Å². The lowest BCUT2D eigenvalue weighted by Crippen LogP contribution is -2.24. The van der Waals surface area contributed by atoms with Crippen LogP contribution in [0.5, 0.6) is 0 Å². The van der Waals surface area contributed by atoms with Gasteiger partial charge in [0.1, 0.15) is 0 Å². The van der Waals surface area contributed by atoms with Gasteiger partial charge in [0.2, 0.25) is 0 Å². The molecular formula is C16H10NO5-. The van der Waals surface area contributed by atoms with Crippen molar-refractivity contribution in [2.24, 2.45) is 0 Å². The zero-order valence-electron chi connectivity index (χ0n) is 11.3. The van der Waals surface area contributed by atoms with E-state index in [4.69, 9.17) is 0 Å². The normalized spacial score (nSPS) is 10.5. The van der Waals surface area contributed by atoms with Crippen LogP contribution < -0.4 is 5.11 Å². The Kier molecular flexibility index (Phi) is 4.43. The molecule has 0 aromatic heterocycles. The first-order valence-electron chi connectivity index (χ1n) is 6.26. The standard InChI is InChI=1S/C16H11NO5/c18-15(13-3-1-2-4-14(13)16(19)20)10-7-11-5-8-12(9-6-11)17(21)22/h1-10H,(H,19,20)/p-1/b10-7+. The third-order valence-corrected chi connectivity index (χ3v) is 2.94. The lowest BCUT2D eigenvalue weighted by Gasteiger charge is -2.06. The highest BCUT2D eigenvalue weighted by Gasteiger charge is 2.08. The molecule has 0 saturated carbocycles. The molecule has 0 atom stereocenters. The zero-order chi connectivity index (χ0) is 16.1. The van der Waals surface area contributed by atoms with Gasteiger partial charge in [-0.05, 0) is 23.8 Å². The molecule has 0 saturated heterocycles. The number of nitro groups is 1. The minimum atomic E-state index is -1.42. The molecule has 0 radical (unpaired) electrons. The summed E-state index contributed by atoms with van der Waals surface area (Å²) in [6, 6.07) is 11.4. The van der Waals surface area contributed by atoms with E-state index in [-0.39, 0.29) is 16.8 Å². The minimum absolute atomic E-state index is 0.0284. The van der Waals surface area contributed by atoms with Gasteiger partial charge in [0.15, 0.2) is 5.78 Å². The van der Waals surface area contributed by atoms with Gasteiger partial charge in [-0.15, -0.1) is 0 Å². The van der Waals surface area contributed by atoms with Crippen LogP contribution in [0.25, 0.3) is 6.08 Å². The molecule has 0 heterocycles. The van der Waals surface area contributed by atoms with Crippen molar-refractivity contribution >= 4 is 23.5 Å². The first-order chi connectivity index (χ1) is 10.5. The maximum absolute atomic E-state index is 12.0. The predicted octanol–water partition coefficient (Wildman–Crippen LogP) is 1.85. The van der Waals surface area contributed by atoms with E-state index in [0.717, 1.165) is 0 Å². The van der Waals surface area contributed by atoms with Gasteiger partial charge in [0, 0.05) is 23.3 Å². The fraction of sp³-hybridized carbons (Fsp3) is 0. The van der Waals surface area contributed by atoms with E-state index in [1.54, 1.807) is 6.07 Å². The molecule has 0 bridgehead atoms. The lowest BCUT2D eigenvalue weighted by atomic mass is 10.0. The predicted molar refractivity (Wildman–Crippen MR) is 77.2 cm³/mol. The molecule has 2 rings (SSSR count). The van der Waals surface area contributed by atoms with Crippen molar-refractivity contribution in [1.82, 2.24) is 0 Å². The fourth-order valence-electron chi connectivity index (χ4n) is 1.84. The summed E-state index contributed by atoms with van der Waals surface area (Å²) in [5, 5.41) is 21.5. The van der Waals surface area contributed by atoms with Crippen LogP contribution in [0, 0.1) is 10.1 Å². The van der Waals surface area contributed by atoms with Crippen LogP contribution >= 0.6 is 0 Å². The number of carbonyl (C=O) groups is 2. The van der Waals surface area contributed by atoms with E-state index >= 15 is 0 Å². The lowest BCUT2D eigenvalue weighted by molar-refractivity contribution is -0.384. The second-order valence-electron chi connectivity index (χ2n) is 4.38. The largest absolute Gasteiger partial charge is 0.545 e. The second-order valence-corrected chi connectivity index (χ2v) is 4.38. The van der Waals surface area contributed by atoms with E-state index in [2.05, 4.69) is 0 Å². The summed E-state index contributed by atoms with van der Waals surface area (Å²) in [7, 11) is 0. The Labute approximate surface area is 125 Å². The average molecular weight is 296 g/mol. The van der Waals surface area contributed by atoms with Gasteiger partial charge in [-0.2, -0.15) is 0 Å². The molecule has 2 aromatic carbocycles. The number of rotatable bonds is 5. The molecular weight excluding hydrogens is 286 g/mol. The van der Waals surface area contributed by atoms with Crippen LogP contribution in [-0.2, 0) is 0 Å². The number of carboxylic acid groups (broad SMARTS) is 1. The molecule has 0 fully saturated rings. The Morgan fingerprint density at radius 1 is 0.955 bits per heavy atom. The van der Waals surface area contributed by atoms with E-state index in [0.29, 0.717) is 5.56 Å². The van der Waals surface area contributed by atoms with E-state index in [9.17, 15) is 24.8 Å². The molecule has 0 unspecified atom stereocenters. The van der Waals surface area contributed by atoms with E-state index < -0.39 is 16.7 Å². The fourth-order valence-corrected chi connectivity index (χ4v) is 1.84. The summed E-state index contributed by atoms with van der Waals surface area (Å²) in [6.45, 7) is 0. The van der Waals surface area contributed by atoms with Crippen molar-refractivity contribution in [2.45, 2.75) is 0 Å².